The molecule has 0 aliphatic carbocycles. The number of aromatic nitrogens is 1. The topological polar surface area (TPSA) is 53.4 Å². The van der Waals surface area contributed by atoms with Crippen LogP contribution in [0.3, 0.4) is 0 Å². The molecule has 0 saturated carbocycles. The molecule has 1 amide bonds. The molecule has 0 unspecified atom stereocenters. The summed E-state index contributed by atoms with van der Waals surface area (Å²) in [5, 5.41) is 10.4. The molecule has 0 radical (unpaired) electrons. The van der Waals surface area contributed by atoms with E-state index in [2.05, 4.69) is 4.98 Å². The lowest BCUT2D eigenvalue weighted by atomic mass is 9.89. The molecule has 1 aliphatic heterocycles. The average molecular weight is 378 g/mol. The lowest BCUT2D eigenvalue weighted by Gasteiger charge is -2.34. The number of pyridine rings is 1. The third-order valence-electron chi connectivity index (χ3n) is 4.94. The van der Waals surface area contributed by atoms with Gasteiger partial charge in [0.25, 0.3) is 0 Å². The lowest BCUT2D eigenvalue weighted by Crippen LogP contribution is -2.40. The Morgan fingerprint density at radius 2 is 1.93 bits per heavy atom. The van der Waals surface area contributed by atoms with E-state index < -0.39 is 17.8 Å². The number of amides is 1. The van der Waals surface area contributed by atoms with E-state index in [1.54, 1.807) is 23.2 Å². The first-order valence-corrected chi connectivity index (χ1v) is 8.87. The largest absolute Gasteiger partial charge is 0.416 e. The Morgan fingerprint density at radius 3 is 2.56 bits per heavy atom. The molecule has 1 N–H and O–H groups in total. The predicted molar refractivity (Wildman–Crippen MR) is 93.6 cm³/mol. The SMILES string of the molecule is O=C(Cc1cccc(C(F)(F)F)c1)N1CCC([C@@H](O)c2ccccn2)CC1. The molecule has 7 heteroatoms. The monoisotopic (exact) mass is 378 g/mol. The molecule has 2 aromatic rings. The van der Waals surface area contributed by atoms with Crippen LogP contribution in [0.4, 0.5) is 13.2 Å². The first-order valence-electron chi connectivity index (χ1n) is 8.87. The van der Waals surface area contributed by atoms with Crippen molar-refractivity contribution < 1.29 is 23.1 Å². The van der Waals surface area contributed by atoms with E-state index in [1.165, 1.54) is 12.1 Å². The molecular weight excluding hydrogens is 357 g/mol. The van der Waals surface area contributed by atoms with Gasteiger partial charge in [0, 0.05) is 19.3 Å². The smallest absolute Gasteiger partial charge is 0.387 e. The minimum Gasteiger partial charge on any atom is -0.387 e. The van der Waals surface area contributed by atoms with Crippen LogP contribution in [-0.2, 0) is 17.4 Å². The standard InChI is InChI=1S/C20H21F3N2O2/c21-20(22,23)16-5-3-4-14(12-16)13-18(26)25-10-7-15(8-11-25)19(27)17-6-1-2-9-24-17/h1-6,9,12,15,19,27H,7-8,10-11,13H2/t19-/m1/s1. The molecule has 1 fully saturated rings. The Hall–Kier alpha value is -2.41. The van der Waals surface area contributed by atoms with Gasteiger partial charge in [-0.1, -0.05) is 24.3 Å². The van der Waals surface area contributed by atoms with Crippen molar-refractivity contribution in [2.75, 3.05) is 13.1 Å². The second-order valence-electron chi connectivity index (χ2n) is 6.79. The van der Waals surface area contributed by atoms with Crippen LogP contribution in [0.1, 0.15) is 35.8 Å². The van der Waals surface area contributed by atoms with Crippen LogP contribution in [0.5, 0.6) is 0 Å². The van der Waals surface area contributed by atoms with E-state index in [0.29, 0.717) is 37.2 Å². The van der Waals surface area contributed by atoms with Crippen molar-refractivity contribution in [3.05, 3.63) is 65.5 Å². The number of benzene rings is 1. The van der Waals surface area contributed by atoms with Gasteiger partial charge in [-0.25, -0.2) is 0 Å². The molecule has 1 aliphatic rings. The van der Waals surface area contributed by atoms with E-state index in [-0.39, 0.29) is 18.2 Å². The maximum Gasteiger partial charge on any atom is 0.416 e. The number of alkyl halides is 3. The van der Waals surface area contributed by atoms with Crippen LogP contribution in [0.2, 0.25) is 0 Å². The van der Waals surface area contributed by atoms with Crippen molar-refractivity contribution in [2.24, 2.45) is 5.92 Å². The van der Waals surface area contributed by atoms with E-state index in [1.807, 2.05) is 6.07 Å². The summed E-state index contributed by atoms with van der Waals surface area (Å²) in [7, 11) is 0. The van der Waals surface area contributed by atoms with Crippen molar-refractivity contribution in [3.63, 3.8) is 0 Å². The van der Waals surface area contributed by atoms with E-state index in [9.17, 15) is 23.1 Å². The number of likely N-dealkylation sites (tertiary alicyclic amines) is 1. The van der Waals surface area contributed by atoms with Gasteiger partial charge in [-0.15, -0.1) is 0 Å². The van der Waals surface area contributed by atoms with Gasteiger partial charge >= 0.3 is 6.18 Å². The second-order valence-corrected chi connectivity index (χ2v) is 6.79. The second kappa shape index (κ2) is 8.08. The summed E-state index contributed by atoms with van der Waals surface area (Å²) in [4.78, 5) is 18.3. The molecule has 3 rings (SSSR count). The Balaban J connectivity index is 1.56. The van der Waals surface area contributed by atoms with Crippen LogP contribution in [-0.4, -0.2) is 34.0 Å². The molecule has 0 spiro atoms. The third kappa shape index (κ3) is 4.86. The molecule has 1 aromatic heterocycles. The number of aliphatic hydroxyl groups excluding tert-OH is 1. The normalized spacial score (nSPS) is 17.0. The van der Waals surface area contributed by atoms with E-state index in [4.69, 9.17) is 0 Å². The number of halogens is 3. The summed E-state index contributed by atoms with van der Waals surface area (Å²) < 4.78 is 38.4. The van der Waals surface area contributed by atoms with Crippen molar-refractivity contribution in [1.82, 2.24) is 9.88 Å². The fourth-order valence-electron chi connectivity index (χ4n) is 3.40. The molecule has 144 valence electrons. The molecule has 1 atom stereocenters. The quantitative estimate of drug-likeness (QED) is 0.884. The number of nitrogens with zero attached hydrogens (tertiary/aromatic N) is 2. The Bertz CT molecular complexity index is 772. The number of hydrogen-bond acceptors (Lipinski definition) is 3. The minimum atomic E-state index is -4.42. The van der Waals surface area contributed by atoms with Gasteiger partial charge in [0.1, 0.15) is 0 Å². The molecule has 1 saturated heterocycles. The predicted octanol–water partition coefficient (Wildman–Crippen LogP) is 3.62. The van der Waals surface area contributed by atoms with Crippen LogP contribution in [0, 0.1) is 5.92 Å². The number of piperidine rings is 1. The minimum absolute atomic E-state index is 0.0116. The summed E-state index contributed by atoms with van der Waals surface area (Å²) >= 11 is 0. The van der Waals surface area contributed by atoms with Gasteiger partial charge < -0.3 is 10.0 Å². The maximum absolute atomic E-state index is 12.8. The number of carbonyl (C=O) groups excluding carboxylic acids is 1. The van der Waals surface area contributed by atoms with E-state index in [0.717, 1.165) is 12.1 Å². The van der Waals surface area contributed by atoms with Crippen molar-refractivity contribution >= 4 is 5.91 Å². The zero-order valence-electron chi connectivity index (χ0n) is 14.7. The van der Waals surface area contributed by atoms with Crippen molar-refractivity contribution in [1.29, 1.82) is 0 Å². The zero-order chi connectivity index (χ0) is 19.4. The fraction of sp³-hybridized carbons (Fsp3) is 0.400. The number of hydrogen-bond donors (Lipinski definition) is 1. The zero-order valence-corrected chi connectivity index (χ0v) is 14.7. The summed E-state index contributed by atoms with van der Waals surface area (Å²) in [6.45, 7) is 0.957. The van der Waals surface area contributed by atoms with Crippen molar-refractivity contribution in [2.45, 2.75) is 31.5 Å². The highest BCUT2D eigenvalue weighted by atomic mass is 19.4. The molecule has 27 heavy (non-hydrogen) atoms. The van der Waals surface area contributed by atoms with Crippen LogP contribution in [0.25, 0.3) is 0 Å². The third-order valence-corrected chi connectivity index (χ3v) is 4.94. The highest BCUT2D eigenvalue weighted by molar-refractivity contribution is 5.78. The summed E-state index contributed by atoms with van der Waals surface area (Å²) in [5.74, 6) is -0.183. The molecule has 0 bridgehead atoms. The van der Waals surface area contributed by atoms with Crippen LogP contribution in [0.15, 0.2) is 48.7 Å². The maximum atomic E-state index is 12.8. The molecular formula is C20H21F3N2O2. The van der Waals surface area contributed by atoms with Gasteiger partial charge in [-0.2, -0.15) is 13.2 Å². The van der Waals surface area contributed by atoms with Crippen LogP contribution < -0.4 is 0 Å². The summed E-state index contributed by atoms with van der Waals surface area (Å²) in [6, 6.07) is 10.2. The lowest BCUT2D eigenvalue weighted by molar-refractivity contribution is -0.138. The first-order chi connectivity index (χ1) is 12.8. The van der Waals surface area contributed by atoms with Gasteiger partial charge in [0.15, 0.2) is 0 Å². The number of rotatable bonds is 4. The first kappa shape index (κ1) is 19.4. The summed E-state index contributed by atoms with van der Waals surface area (Å²) in [5.41, 5.74) is 0.224. The molecule has 1 aromatic carbocycles. The highest BCUT2D eigenvalue weighted by Gasteiger charge is 2.31. The van der Waals surface area contributed by atoms with E-state index >= 15 is 0 Å². The van der Waals surface area contributed by atoms with Gasteiger partial charge in [0.05, 0.1) is 23.8 Å². The van der Waals surface area contributed by atoms with Gasteiger partial charge in [-0.05, 0) is 42.5 Å². The summed E-state index contributed by atoms with van der Waals surface area (Å²) in [6.07, 6.45) is -2.26. The van der Waals surface area contributed by atoms with Crippen LogP contribution >= 0.6 is 0 Å². The van der Waals surface area contributed by atoms with Gasteiger partial charge in [0.2, 0.25) is 5.91 Å². The molecule has 2 heterocycles. The Kier molecular flexibility index (Phi) is 5.79. The van der Waals surface area contributed by atoms with Crippen molar-refractivity contribution in [3.8, 4) is 0 Å². The Labute approximate surface area is 155 Å². The number of carbonyl (C=O) groups is 1. The van der Waals surface area contributed by atoms with Gasteiger partial charge in [-0.3, -0.25) is 9.78 Å². The average Bonchev–Trinajstić information content (AvgIpc) is 2.68. The highest BCUT2D eigenvalue weighted by Crippen LogP contribution is 2.31. The molecule has 4 nitrogen and oxygen atoms in total. The Morgan fingerprint density at radius 1 is 1.19 bits per heavy atom. The number of aliphatic hydroxyl groups is 1. The fourth-order valence-corrected chi connectivity index (χ4v) is 3.40.